The lowest BCUT2D eigenvalue weighted by Gasteiger charge is -2.16. The molecule has 47 heavy (non-hydrogen) atoms. The highest BCUT2D eigenvalue weighted by molar-refractivity contribution is 9.09. The van der Waals surface area contributed by atoms with Gasteiger partial charge < -0.3 is 18.1 Å². The average molecular weight is 788 g/mol. The van der Waals surface area contributed by atoms with E-state index in [9.17, 15) is 9.13 Å². The van der Waals surface area contributed by atoms with Gasteiger partial charge in [0.1, 0.15) is 0 Å². The zero-order chi connectivity index (χ0) is 34.4. The molecule has 0 aliphatic carbocycles. The Labute approximate surface area is 294 Å². The second-order valence-corrected chi connectivity index (χ2v) is 15.5. The average Bonchev–Trinajstić information content (AvgIpc) is 3.07. The summed E-state index contributed by atoms with van der Waals surface area (Å²) in [4.78, 5) is 8.61. The number of benzene rings is 2. The Morgan fingerprint density at radius 2 is 1.23 bits per heavy atom. The molecule has 0 aliphatic heterocycles. The first kappa shape index (κ1) is 41.0. The summed E-state index contributed by atoms with van der Waals surface area (Å²) < 4.78 is 44.9. The van der Waals surface area contributed by atoms with Crippen LogP contribution in [0.4, 0.5) is 0 Å². The molecule has 0 amide bonds. The molecule has 0 unspecified atom stereocenters. The van der Waals surface area contributed by atoms with Crippen LogP contribution in [0.1, 0.15) is 27.7 Å². The number of hydrogen-bond acceptors (Lipinski definition) is 13. The number of thioether (sulfide) groups is 1. The molecule has 1 N–H and O–H groups in total. The molecular formula is C30H41BrN6O6P2S2. The van der Waals surface area contributed by atoms with Crippen molar-refractivity contribution in [2.24, 2.45) is 0 Å². The van der Waals surface area contributed by atoms with Crippen molar-refractivity contribution < 1.29 is 27.2 Å². The molecule has 0 radical (unpaired) electrons. The lowest BCUT2D eigenvalue weighted by molar-refractivity contribution is 0.220. The van der Waals surface area contributed by atoms with Gasteiger partial charge in [0.05, 0.1) is 62.5 Å². The molecule has 12 nitrogen and oxygen atoms in total. The van der Waals surface area contributed by atoms with Crippen molar-refractivity contribution in [3.63, 3.8) is 0 Å². The molecule has 0 atom stereocenters. The van der Waals surface area contributed by atoms with Gasteiger partial charge in [0, 0.05) is 22.2 Å². The fourth-order valence-electron chi connectivity index (χ4n) is 3.63. The van der Waals surface area contributed by atoms with E-state index < -0.39 is 15.2 Å². The first-order valence-electron chi connectivity index (χ1n) is 14.9. The van der Waals surface area contributed by atoms with Crippen molar-refractivity contribution in [2.75, 3.05) is 49.8 Å². The minimum atomic E-state index is -3.02. The third-order valence-corrected chi connectivity index (χ3v) is 12.0. The molecule has 4 aromatic rings. The number of aromatic amines is 1. The van der Waals surface area contributed by atoms with Crippen LogP contribution < -0.4 is 0 Å². The Morgan fingerprint density at radius 1 is 0.745 bits per heavy atom. The van der Waals surface area contributed by atoms with E-state index in [-0.39, 0.29) is 0 Å². The summed E-state index contributed by atoms with van der Waals surface area (Å²) in [5, 5.41) is 15.6. The van der Waals surface area contributed by atoms with Gasteiger partial charge in [-0.2, -0.15) is 10.2 Å². The number of halogens is 1. The predicted octanol–water partition coefficient (Wildman–Crippen LogP) is 8.75. The fraction of sp³-hybridized carbons (Fsp3) is 0.400. The number of alkyl halides is 1. The molecular weight excluding hydrogens is 746 g/mol. The van der Waals surface area contributed by atoms with Crippen LogP contribution in [-0.4, -0.2) is 80.2 Å². The molecule has 0 saturated heterocycles. The first-order chi connectivity index (χ1) is 22.7. The van der Waals surface area contributed by atoms with Crippen LogP contribution in [0, 0.1) is 4.77 Å². The van der Waals surface area contributed by atoms with Crippen LogP contribution in [0.3, 0.4) is 0 Å². The molecule has 0 aliphatic rings. The topological polar surface area (TPSA) is 151 Å². The van der Waals surface area contributed by atoms with E-state index in [1.807, 2.05) is 60.7 Å². The monoisotopic (exact) mass is 786 g/mol. The van der Waals surface area contributed by atoms with Crippen molar-refractivity contribution in [3.8, 4) is 22.5 Å². The Bertz CT molecular complexity index is 1560. The van der Waals surface area contributed by atoms with Crippen LogP contribution in [0.2, 0.25) is 0 Å². The molecule has 256 valence electrons. The highest BCUT2D eigenvalue weighted by atomic mass is 79.9. The normalized spacial score (nSPS) is 11.2. The Hall–Kier alpha value is -2.19. The quantitative estimate of drug-likeness (QED) is 0.0499. The van der Waals surface area contributed by atoms with Gasteiger partial charge in [-0.1, -0.05) is 88.4 Å². The zero-order valence-electron chi connectivity index (χ0n) is 26.9. The highest BCUT2D eigenvalue weighted by Gasteiger charge is 2.23. The molecule has 17 heteroatoms. The number of nitrogens with one attached hydrogen (secondary N) is 1. The van der Waals surface area contributed by atoms with Crippen molar-refractivity contribution in [1.82, 2.24) is 30.4 Å². The maximum absolute atomic E-state index is 12.4. The number of nitrogens with zero attached hydrogens (tertiary/aromatic N) is 5. The Kier molecular flexibility index (Phi) is 20.2. The van der Waals surface area contributed by atoms with E-state index in [1.165, 1.54) is 11.8 Å². The third-order valence-electron chi connectivity index (χ3n) is 5.51. The van der Waals surface area contributed by atoms with Gasteiger partial charge in [0.15, 0.2) is 0 Å². The van der Waals surface area contributed by atoms with Crippen molar-refractivity contribution in [3.05, 3.63) is 77.8 Å². The summed E-state index contributed by atoms with van der Waals surface area (Å²) in [6.45, 7) is 8.81. The SMILES string of the molecule is CCOP(=O)(CCBr)OCC.CCOP(=O)(CCSc1nncc(-c2ccccc2)n1)OCC.S=c1nc(-c2ccccc2)cn[nH]1. The van der Waals surface area contributed by atoms with Crippen molar-refractivity contribution >= 4 is 55.1 Å². The molecule has 2 heterocycles. The van der Waals surface area contributed by atoms with Gasteiger partial charge in [0.2, 0.25) is 9.93 Å². The summed E-state index contributed by atoms with van der Waals surface area (Å²) in [6, 6.07) is 19.6. The molecule has 0 fully saturated rings. The van der Waals surface area contributed by atoms with Crippen LogP contribution in [-0.2, 0) is 27.2 Å². The van der Waals surface area contributed by atoms with Gasteiger partial charge in [-0.05, 0) is 39.9 Å². The summed E-state index contributed by atoms with van der Waals surface area (Å²) in [5.74, 6) is 0.539. The van der Waals surface area contributed by atoms with Gasteiger partial charge in [0.25, 0.3) is 0 Å². The standard InChI is InChI=1S/C15H20N3O3PS.C9H7N3S.C6H14BrO3P/c1-3-20-22(19,21-4-2)10-11-23-15-17-14(12-16-18-15)13-8-6-5-7-9-13;13-9-11-8(6-10-12-9)7-4-2-1-3-5-7;1-3-9-11(8,6-5-7)10-4-2/h5-9,12H,3-4,10-11H2,1-2H3;1-6H,(H,11,12,13);3-6H2,1-2H3. The van der Waals surface area contributed by atoms with Crippen LogP contribution in [0.25, 0.3) is 22.5 Å². The summed E-state index contributed by atoms with van der Waals surface area (Å²) >= 11 is 9.45. The minimum absolute atomic E-state index is 0.318. The third kappa shape index (κ3) is 16.2. The second kappa shape index (κ2) is 23.2. The first-order valence-corrected chi connectivity index (χ1v) is 20.9. The van der Waals surface area contributed by atoms with E-state index in [0.29, 0.717) is 59.8 Å². The van der Waals surface area contributed by atoms with Gasteiger partial charge >= 0.3 is 15.2 Å². The molecule has 2 aromatic heterocycles. The number of rotatable bonds is 16. The number of aromatic nitrogens is 6. The lowest BCUT2D eigenvalue weighted by Crippen LogP contribution is -2.03. The second-order valence-electron chi connectivity index (χ2n) is 8.91. The molecule has 0 saturated carbocycles. The molecule has 0 spiro atoms. The van der Waals surface area contributed by atoms with Crippen LogP contribution in [0.5, 0.6) is 0 Å². The molecule has 2 aromatic carbocycles. The van der Waals surface area contributed by atoms with E-state index in [2.05, 4.69) is 46.3 Å². The van der Waals surface area contributed by atoms with Gasteiger partial charge in [-0.15, -0.1) is 5.10 Å². The Balaban J connectivity index is 0.000000270. The molecule has 0 bridgehead atoms. The Morgan fingerprint density at radius 3 is 1.70 bits per heavy atom. The smallest absolute Gasteiger partial charge is 0.309 e. The van der Waals surface area contributed by atoms with Crippen LogP contribution in [0.15, 0.2) is 78.2 Å². The lowest BCUT2D eigenvalue weighted by atomic mass is 10.2. The van der Waals surface area contributed by atoms with Gasteiger partial charge in [-0.25, -0.2) is 9.97 Å². The minimum Gasteiger partial charge on any atom is -0.309 e. The van der Waals surface area contributed by atoms with E-state index in [4.69, 9.17) is 30.3 Å². The van der Waals surface area contributed by atoms with E-state index in [1.54, 1.807) is 40.1 Å². The van der Waals surface area contributed by atoms with E-state index in [0.717, 1.165) is 22.5 Å². The summed E-state index contributed by atoms with van der Waals surface area (Å²) in [6.07, 6.45) is 4.04. The van der Waals surface area contributed by atoms with Crippen molar-refractivity contribution in [1.29, 1.82) is 0 Å². The predicted molar refractivity (Wildman–Crippen MR) is 194 cm³/mol. The summed E-state index contributed by atoms with van der Waals surface area (Å²) in [5.41, 5.74) is 3.57. The van der Waals surface area contributed by atoms with Gasteiger partial charge in [-0.3, -0.25) is 14.2 Å². The maximum atomic E-state index is 12.4. The summed E-state index contributed by atoms with van der Waals surface area (Å²) in [7, 11) is -5.79. The largest absolute Gasteiger partial charge is 0.331 e. The maximum Gasteiger partial charge on any atom is 0.331 e. The van der Waals surface area contributed by atoms with Crippen molar-refractivity contribution in [2.45, 2.75) is 32.9 Å². The molecule has 4 rings (SSSR count). The zero-order valence-corrected chi connectivity index (χ0v) is 31.9. The fourth-order valence-corrected chi connectivity index (χ4v) is 9.24. The van der Waals surface area contributed by atoms with Crippen LogP contribution >= 0.6 is 55.1 Å². The number of H-pyrrole nitrogens is 1. The highest BCUT2D eigenvalue weighted by Crippen LogP contribution is 2.49. The van der Waals surface area contributed by atoms with E-state index >= 15 is 0 Å². The number of hydrogen-bond donors (Lipinski definition) is 1.